The number of likely N-dealkylation sites (N-methyl/N-ethyl adjacent to an activating group) is 2. The fraction of sp³-hybridized carbons (Fsp3) is 0.417. The number of hydrogen-bond acceptors (Lipinski definition) is 4. The molecule has 0 fully saturated rings. The van der Waals surface area contributed by atoms with Crippen molar-refractivity contribution in [3.05, 3.63) is 22.7 Å². The molecule has 0 bridgehead atoms. The molecule has 0 spiro atoms. The molecule has 1 aromatic rings. The van der Waals surface area contributed by atoms with E-state index in [-0.39, 0.29) is 22.4 Å². The van der Waals surface area contributed by atoms with Crippen LogP contribution in [-0.4, -0.2) is 51.2 Å². The first-order valence-corrected chi connectivity index (χ1v) is 7.61. The molecule has 1 aromatic carbocycles. The number of nitrogen functional groups attached to an aromatic ring is 1. The number of carbonyl (C=O) groups excluding carboxylic acids is 1. The van der Waals surface area contributed by atoms with Crippen LogP contribution in [0.3, 0.4) is 0 Å². The fourth-order valence-electron chi connectivity index (χ4n) is 1.42. The Morgan fingerprint density at radius 3 is 2.30 bits per heavy atom. The molecule has 0 atom stereocenters. The fourth-order valence-corrected chi connectivity index (χ4v) is 2.89. The number of hydrogen-bond donors (Lipinski definition) is 1. The summed E-state index contributed by atoms with van der Waals surface area (Å²) < 4.78 is 25.7. The molecule has 0 aliphatic carbocycles. The van der Waals surface area contributed by atoms with Crippen LogP contribution in [0, 0.1) is 6.92 Å². The number of carbonyl (C=O) groups is 1. The average Bonchev–Trinajstić information content (AvgIpc) is 2.34. The molecule has 6 nitrogen and oxygen atoms in total. The monoisotopic (exact) mass is 319 g/mol. The van der Waals surface area contributed by atoms with E-state index in [0.717, 1.165) is 4.31 Å². The van der Waals surface area contributed by atoms with Gasteiger partial charge in [0.25, 0.3) is 0 Å². The molecule has 20 heavy (non-hydrogen) atoms. The second-order valence-corrected chi connectivity index (χ2v) is 7.12. The molecule has 0 heterocycles. The topological polar surface area (TPSA) is 83.7 Å². The number of benzene rings is 1. The van der Waals surface area contributed by atoms with Crippen molar-refractivity contribution in [2.24, 2.45) is 0 Å². The van der Waals surface area contributed by atoms with Crippen molar-refractivity contribution in [1.82, 2.24) is 9.21 Å². The van der Waals surface area contributed by atoms with E-state index in [9.17, 15) is 13.2 Å². The van der Waals surface area contributed by atoms with E-state index in [0.29, 0.717) is 11.3 Å². The molecule has 0 radical (unpaired) electrons. The van der Waals surface area contributed by atoms with E-state index in [2.05, 4.69) is 0 Å². The number of amides is 1. The van der Waals surface area contributed by atoms with Gasteiger partial charge in [0.2, 0.25) is 15.9 Å². The molecule has 112 valence electrons. The number of sulfonamides is 1. The zero-order valence-electron chi connectivity index (χ0n) is 11.8. The minimum atomic E-state index is -3.81. The molecule has 0 saturated heterocycles. The van der Waals surface area contributed by atoms with Gasteiger partial charge in [-0.2, -0.15) is 4.31 Å². The predicted octanol–water partition coefficient (Wildman–Crippen LogP) is 0.939. The molecule has 0 saturated carbocycles. The van der Waals surface area contributed by atoms with Crippen molar-refractivity contribution in [3.63, 3.8) is 0 Å². The lowest BCUT2D eigenvalue weighted by atomic mass is 10.2. The Labute approximate surface area is 124 Å². The molecule has 0 aromatic heterocycles. The summed E-state index contributed by atoms with van der Waals surface area (Å²) in [4.78, 5) is 12.9. The molecule has 1 rings (SSSR count). The van der Waals surface area contributed by atoms with Crippen molar-refractivity contribution in [1.29, 1.82) is 0 Å². The first kappa shape index (κ1) is 16.7. The largest absolute Gasteiger partial charge is 0.398 e. The maximum Gasteiger partial charge on any atom is 0.243 e. The van der Waals surface area contributed by atoms with Crippen LogP contribution < -0.4 is 5.73 Å². The standard InChI is InChI=1S/C12H18ClN3O3S/c1-8-10(13)5-9(6-11(8)14)20(18,19)16(4)7-12(17)15(2)3/h5-6H,7,14H2,1-4H3. The normalized spacial score (nSPS) is 11.7. The highest BCUT2D eigenvalue weighted by atomic mass is 35.5. The van der Waals surface area contributed by atoms with Gasteiger partial charge < -0.3 is 10.6 Å². The average molecular weight is 320 g/mol. The molecule has 8 heteroatoms. The van der Waals surface area contributed by atoms with Gasteiger partial charge in [-0.3, -0.25) is 4.79 Å². The van der Waals surface area contributed by atoms with Gasteiger partial charge in [-0.1, -0.05) is 11.6 Å². The van der Waals surface area contributed by atoms with Gasteiger partial charge in [0.15, 0.2) is 0 Å². The minimum absolute atomic E-state index is 0.0281. The lowest BCUT2D eigenvalue weighted by molar-refractivity contribution is -0.128. The molecule has 0 aliphatic heterocycles. The summed E-state index contributed by atoms with van der Waals surface area (Å²) in [5.41, 5.74) is 6.64. The third kappa shape index (κ3) is 3.41. The Morgan fingerprint density at radius 2 is 1.85 bits per heavy atom. The van der Waals surface area contributed by atoms with Crippen molar-refractivity contribution in [2.75, 3.05) is 33.4 Å². The van der Waals surface area contributed by atoms with Gasteiger partial charge in [-0.15, -0.1) is 0 Å². The highest BCUT2D eigenvalue weighted by Gasteiger charge is 2.24. The Morgan fingerprint density at radius 1 is 1.30 bits per heavy atom. The first-order chi connectivity index (χ1) is 9.07. The lowest BCUT2D eigenvalue weighted by Crippen LogP contribution is -2.37. The van der Waals surface area contributed by atoms with Crippen molar-refractivity contribution < 1.29 is 13.2 Å². The van der Waals surface area contributed by atoms with Crippen molar-refractivity contribution >= 4 is 33.2 Å². The Hall–Kier alpha value is -1.31. The smallest absolute Gasteiger partial charge is 0.243 e. The van der Waals surface area contributed by atoms with Crippen LogP contribution in [0.1, 0.15) is 5.56 Å². The highest BCUT2D eigenvalue weighted by Crippen LogP contribution is 2.27. The van der Waals surface area contributed by atoms with Crippen LogP contribution in [0.2, 0.25) is 5.02 Å². The Balaban J connectivity index is 3.14. The summed E-state index contributed by atoms with van der Waals surface area (Å²) in [5.74, 6) is -0.317. The summed E-state index contributed by atoms with van der Waals surface area (Å²) in [6.45, 7) is 1.45. The van der Waals surface area contributed by atoms with Crippen LogP contribution >= 0.6 is 11.6 Å². The summed E-state index contributed by atoms with van der Waals surface area (Å²) in [6.07, 6.45) is 0. The van der Waals surface area contributed by atoms with Gasteiger partial charge in [-0.25, -0.2) is 8.42 Å². The third-order valence-electron chi connectivity index (χ3n) is 2.92. The van der Waals surface area contributed by atoms with Crippen molar-refractivity contribution in [3.8, 4) is 0 Å². The van der Waals surface area contributed by atoms with E-state index in [1.54, 1.807) is 21.0 Å². The first-order valence-electron chi connectivity index (χ1n) is 5.79. The summed E-state index contributed by atoms with van der Waals surface area (Å²) in [6, 6.07) is 2.67. The molecular formula is C12H18ClN3O3S. The van der Waals surface area contributed by atoms with E-state index < -0.39 is 10.0 Å². The molecule has 0 aliphatic rings. The van der Waals surface area contributed by atoms with E-state index >= 15 is 0 Å². The zero-order valence-corrected chi connectivity index (χ0v) is 13.4. The van der Waals surface area contributed by atoms with Gasteiger partial charge in [0.05, 0.1) is 11.4 Å². The van der Waals surface area contributed by atoms with Crippen LogP contribution in [-0.2, 0) is 14.8 Å². The maximum atomic E-state index is 12.3. The van der Waals surface area contributed by atoms with Crippen LogP contribution in [0.25, 0.3) is 0 Å². The second-order valence-electron chi connectivity index (χ2n) is 4.67. The van der Waals surface area contributed by atoms with Crippen LogP contribution in [0.15, 0.2) is 17.0 Å². The maximum absolute atomic E-state index is 12.3. The van der Waals surface area contributed by atoms with Gasteiger partial charge in [-0.05, 0) is 24.6 Å². The van der Waals surface area contributed by atoms with Gasteiger partial charge in [0, 0.05) is 31.9 Å². The molecule has 2 N–H and O–H groups in total. The Bertz CT molecular complexity index is 606. The van der Waals surface area contributed by atoms with Crippen LogP contribution in [0.5, 0.6) is 0 Å². The number of nitrogens with zero attached hydrogens (tertiary/aromatic N) is 2. The summed E-state index contributed by atoms with van der Waals surface area (Å²) >= 11 is 5.95. The lowest BCUT2D eigenvalue weighted by Gasteiger charge is -2.19. The number of nitrogens with two attached hydrogens (primary N) is 1. The molecular weight excluding hydrogens is 302 g/mol. The SMILES string of the molecule is Cc1c(N)cc(S(=O)(=O)N(C)CC(=O)N(C)C)cc1Cl. The second kappa shape index (κ2) is 5.99. The van der Waals surface area contributed by atoms with E-state index in [4.69, 9.17) is 17.3 Å². The zero-order chi connectivity index (χ0) is 15.7. The minimum Gasteiger partial charge on any atom is -0.398 e. The highest BCUT2D eigenvalue weighted by molar-refractivity contribution is 7.89. The Kier molecular flexibility index (Phi) is 5.01. The third-order valence-corrected chi connectivity index (χ3v) is 5.10. The molecule has 0 unspecified atom stereocenters. The number of rotatable bonds is 4. The summed E-state index contributed by atoms with van der Waals surface area (Å²) in [5, 5.41) is 0.274. The quantitative estimate of drug-likeness (QED) is 0.837. The van der Waals surface area contributed by atoms with E-state index in [1.165, 1.54) is 24.1 Å². The number of anilines is 1. The predicted molar refractivity (Wildman–Crippen MR) is 79.1 cm³/mol. The number of halogens is 1. The summed E-state index contributed by atoms with van der Waals surface area (Å²) in [7, 11) is 0.644. The van der Waals surface area contributed by atoms with Gasteiger partial charge >= 0.3 is 0 Å². The van der Waals surface area contributed by atoms with Crippen LogP contribution in [0.4, 0.5) is 5.69 Å². The van der Waals surface area contributed by atoms with Crippen molar-refractivity contribution in [2.45, 2.75) is 11.8 Å². The van der Waals surface area contributed by atoms with Gasteiger partial charge in [0.1, 0.15) is 0 Å². The van der Waals surface area contributed by atoms with E-state index in [1.807, 2.05) is 0 Å². The molecule has 1 amide bonds.